The van der Waals surface area contributed by atoms with Gasteiger partial charge in [0.1, 0.15) is 0 Å². The van der Waals surface area contributed by atoms with Gasteiger partial charge in [-0.3, -0.25) is 14.5 Å². The third-order valence-electron chi connectivity index (χ3n) is 7.15. The number of piperidine rings is 1. The molecule has 0 unspecified atom stereocenters. The normalized spacial score (nSPS) is 20.3. The summed E-state index contributed by atoms with van der Waals surface area (Å²) in [6.07, 6.45) is 5.46. The van der Waals surface area contributed by atoms with E-state index in [4.69, 9.17) is 0 Å². The first-order chi connectivity index (χ1) is 16.3. The van der Waals surface area contributed by atoms with E-state index in [1.165, 1.54) is 24.8 Å². The Morgan fingerprint density at radius 3 is 2.06 bits per heavy atom. The van der Waals surface area contributed by atoms with E-state index in [0.717, 1.165) is 57.5 Å². The van der Waals surface area contributed by atoms with Crippen LogP contribution in [0.25, 0.3) is 0 Å². The molecule has 0 spiro atoms. The number of benzene rings is 1. The minimum absolute atomic E-state index is 0.136. The summed E-state index contributed by atoms with van der Waals surface area (Å²) in [6, 6.07) is 4.95. The van der Waals surface area contributed by atoms with Crippen LogP contribution >= 0.6 is 0 Å². The number of anilines is 1. The van der Waals surface area contributed by atoms with Gasteiger partial charge in [-0.25, -0.2) is 12.7 Å². The molecule has 0 bridgehead atoms. The van der Waals surface area contributed by atoms with Gasteiger partial charge in [0, 0.05) is 72.1 Å². The van der Waals surface area contributed by atoms with Gasteiger partial charge in [0.05, 0.1) is 17.0 Å². The van der Waals surface area contributed by atoms with E-state index in [1.54, 1.807) is 23.1 Å². The summed E-state index contributed by atoms with van der Waals surface area (Å²) in [4.78, 5) is 34.3. The first-order valence-electron chi connectivity index (χ1n) is 12.4. The summed E-state index contributed by atoms with van der Waals surface area (Å²) in [7, 11) is -0.652. The predicted octanol–water partition coefficient (Wildman–Crippen LogP) is 1.31. The van der Waals surface area contributed by atoms with Crippen molar-refractivity contribution in [2.24, 2.45) is 0 Å². The molecule has 3 saturated heterocycles. The maximum atomic E-state index is 13.6. The van der Waals surface area contributed by atoms with Crippen LogP contribution in [0.5, 0.6) is 0 Å². The van der Waals surface area contributed by atoms with Crippen molar-refractivity contribution in [1.29, 1.82) is 0 Å². The van der Waals surface area contributed by atoms with Gasteiger partial charge in [-0.2, -0.15) is 0 Å². The average Bonchev–Trinajstić information content (AvgIpc) is 3.39. The van der Waals surface area contributed by atoms with Gasteiger partial charge in [-0.05, 0) is 50.3 Å². The molecule has 34 heavy (non-hydrogen) atoms. The molecule has 0 radical (unpaired) electrons. The van der Waals surface area contributed by atoms with Gasteiger partial charge in [0.25, 0.3) is 5.91 Å². The lowest BCUT2D eigenvalue weighted by Gasteiger charge is -2.36. The number of hydrogen-bond donors (Lipinski definition) is 0. The zero-order chi connectivity index (χ0) is 24.3. The van der Waals surface area contributed by atoms with E-state index in [2.05, 4.69) is 9.80 Å². The second-order valence-electron chi connectivity index (χ2n) is 9.67. The zero-order valence-electron chi connectivity index (χ0n) is 20.4. The third kappa shape index (κ3) is 5.39. The van der Waals surface area contributed by atoms with E-state index in [1.807, 2.05) is 4.90 Å². The lowest BCUT2D eigenvalue weighted by molar-refractivity contribution is -0.131. The number of piperazine rings is 1. The molecule has 0 atom stereocenters. The predicted molar refractivity (Wildman–Crippen MR) is 132 cm³/mol. The Morgan fingerprint density at radius 1 is 0.824 bits per heavy atom. The molecule has 188 valence electrons. The molecule has 1 aromatic rings. The standard InChI is InChI=1S/C24H37N5O4S/c1-25(2)34(32,33)20-8-9-22(27-10-4-3-5-11-27)21(18-20)24(31)29-16-14-26(15-17-29)19-23(30)28-12-6-7-13-28/h8-9,18H,3-7,10-17,19H2,1-2H3. The summed E-state index contributed by atoms with van der Waals surface area (Å²) in [5.74, 6) is 0.0353. The first-order valence-corrected chi connectivity index (χ1v) is 13.8. The van der Waals surface area contributed by atoms with E-state index < -0.39 is 10.0 Å². The van der Waals surface area contributed by atoms with Crippen molar-refractivity contribution in [3.05, 3.63) is 23.8 Å². The Morgan fingerprint density at radius 2 is 1.44 bits per heavy atom. The maximum absolute atomic E-state index is 13.6. The van der Waals surface area contributed by atoms with E-state index in [0.29, 0.717) is 38.3 Å². The fourth-order valence-corrected chi connectivity index (χ4v) is 5.93. The Balaban J connectivity index is 1.50. The van der Waals surface area contributed by atoms with Crippen LogP contribution in [-0.4, -0.2) is 112 Å². The molecular formula is C24H37N5O4S. The molecular weight excluding hydrogens is 454 g/mol. The van der Waals surface area contributed by atoms with Crippen LogP contribution in [0.15, 0.2) is 23.1 Å². The second-order valence-corrected chi connectivity index (χ2v) is 11.8. The van der Waals surface area contributed by atoms with Crippen molar-refractivity contribution in [2.45, 2.75) is 37.0 Å². The number of sulfonamides is 1. The van der Waals surface area contributed by atoms with Gasteiger partial charge in [-0.1, -0.05) is 0 Å². The topological polar surface area (TPSA) is 84.5 Å². The maximum Gasteiger partial charge on any atom is 0.256 e. The smallest absolute Gasteiger partial charge is 0.256 e. The van der Waals surface area contributed by atoms with Crippen LogP contribution in [0.1, 0.15) is 42.5 Å². The zero-order valence-corrected chi connectivity index (χ0v) is 21.2. The number of carbonyl (C=O) groups excluding carboxylic acids is 2. The molecule has 4 rings (SSSR count). The summed E-state index contributed by atoms with van der Waals surface area (Å²) < 4.78 is 26.7. The Bertz CT molecular complexity index is 993. The Labute approximate surface area is 203 Å². The highest BCUT2D eigenvalue weighted by atomic mass is 32.2. The summed E-state index contributed by atoms with van der Waals surface area (Å²) in [5, 5.41) is 0. The number of amides is 2. The first kappa shape index (κ1) is 24.9. The number of carbonyl (C=O) groups is 2. The van der Waals surface area contributed by atoms with Crippen LogP contribution in [0, 0.1) is 0 Å². The second kappa shape index (κ2) is 10.6. The van der Waals surface area contributed by atoms with Gasteiger partial charge < -0.3 is 14.7 Å². The molecule has 0 aromatic heterocycles. The average molecular weight is 492 g/mol. The third-order valence-corrected chi connectivity index (χ3v) is 8.96. The van der Waals surface area contributed by atoms with Crippen molar-refractivity contribution in [3.8, 4) is 0 Å². The van der Waals surface area contributed by atoms with E-state index in [-0.39, 0.29) is 16.7 Å². The largest absolute Gasteiger partial charge is 0.371 e. The molecule has 1 aromatic carbocycles. The van der Waals surface area contributed by atoms with Crippen molar-refractivity contribution in [2.75, 3.05) is 77.9 Å². The minimum atomic E-state index is -3.65. The van der Waals surface area contributed by atoms with Crippen molar-refractivity contribution >= 4 is 27.5 Å². The molecule has 3 aliphatic heterocycles. The van der Waals surface area contributed by atoms with Gasteiger partial charge in [-0.15, -0.1) is 0 Å². The molecule has 3 aliphatic rings. The molecule has 2 amide bonds. The highest BCUT2D eigenvalue weighted by molar-refractivity contribution is 7.89. The van der Waals surface area contributed by atoms with Crippen LogP contribution in [-0.2, 0) is 14.8 Å². The molecule has 3 fully saturated rings. The van der Waals surface area contributed by atoms with E-state index >= 15 is 0 Å². The number of nitrogens with zero attached hydrogens (tertiary/aromatic N) is 5. The summed E-state index contributed by atoms with van der Waals surface area (Å²) in [5.41, 5.74) is 1.26. The fraction of sp³-hybridized carbons (Fsp3) is 0.667. The fourth-order valence-electron chi connectivity index (χ4n) is 5.01. The van der Waals surface area contributed by atoms with Crippen LogP contribution in [0.3, 0.4) is 0 Å². The molecule has 10 heteroatoms. The van der Waals surface area contributed by atoms with Crippen molar-refractivity contribution in [1.82, 2.24) is 19.0 Å². The monoisotopic (exact) mass is 491 g/mol. The number of rotatable bonds is 6. The Hall–Kier alpha value is -2.17. The van der Waals surface area contributed by atoms with Crippen molar-refractivity contribution in [3.63, 3.8) is 0 Å². The molecule has 0 saturated carbocycles. The van der Waals surface area contributed by atoms with Gasteiger partial charge in [0.2, 0.25) is 15.9 Å². The van der Waals surface area contributed by atoms with Crippen LogP contribution in [0.2, 0.25) is 0 Å². The SMILES string of the molecule is CN(C)S(=O)(=O)c1ccc(N2CCCCC2)c(C(=O)N2CCN(CC(=O)N3CCCC3)CC2)c1. The number of hydrogen-bond acceptors (Lipinski definition) is 6. The van der Waals surface area contributed by atoms with E-state index in [9.17, 15) is 18.0 Å². The molecule has 9 nitrogen and oxygen atoms in total. The summed E-state index contributed by atoms with van der Waals surface area (Å²) >= 11 is 0. The molecule has 0 N–H and O–H groups in total. The van der Waals surface area contributed by atoms with Crippen LogP contribution in [0.4, 0.5) is 5.69 Å². The van der Waals surface area contributed by atoms with Gasteiger partial charge >= 0.3 is 0 Å². The highest BCUT2D eigenvalue weighted by Crippen LogP contribution is 2.29. The molecule has 0 aliphatic carbocycles. The quantitative estimate of drug-likeness (QED) is 0.597. The minimum Gasteiger partial charge on any atom is -0.371 e. The van der Waals surface area contributed by atoms with Crippen molar-refractivity contribution < 1.29 is 18.0 Å². The summed E-state index contributed by atoms with van der Waals surface area (Å²) in [6.45, 7) is 6.16. The van der Waals surface area contributed by atoms with Crippen LogP contribution < -0.4 is 4.90 Å². The number of likely N-dealkylation sites (tertiary alicyclic amines) is 1. The highest BCUT2D eigenvalue weighted by Gasteiger charge is 2.29. The lowest BCUT2D eigenvalue weighted by Crippen LogP contribution is -2.51. The Kier molecular flexibility index (Phi) is 7.79. The molecule has 3 heterocycles. The van der Waals surface area contributed by atoms with Gasteiger partial charge in [0.15, 0.2) is 0 Å². The lowest BCUT2D eigenvalue weighted by atomic mass is 10.1.